The molecule has 0 unspecified atom stereocenters. The molecule has 1 aromatic rings. The van der Waals surface area contributed by atoms with E-state index in [0.29, 0.717) is 6.54 Å². The Labute approximate surface area is 140 Å². The fourth-order valence-electron chi connectivity index (χ4n) is 2.75. The Balaban J connectivity index is 1.81. The first kappa shape index (κ1) is 18.2. The van der Waals surface area contributed by atoms with Gasteiger partial charge in [-0.3, -0.25) is 4.90 Å². The molecule has 0 spiro atoms. The molecule has 1 aliphatic rings. The molecule has 23 heavy (non-hydrogen) atoms. The summed E-state index contributed by atoms with van der Waals surface area (Å²) in [6.07, 6.45) is 0. The first-order valence-electron chi connectivity index (χ1n) is 8.02. The highest BCUT2D eigenvalue weighted by atomic mass is 32.2. The standard InChI is InChI=1S/C16H28N4O2S/c1-14-6-5-7-16(15(14)2)20-12-10-19(11-13-20)9-8-17-23(21,22)18(3)4/h5-7,17H,8-13H2,1-4H3. The van der Waals surface area contributed by atoms with Crippen LogP contribution in [0.25, 0.3) is 0 Å². The molecule has 1 heterocycles. The van der Waals surface area contributed by atoms with Crippen molar-refractivity contribution in [2.24, 2.45) is 0 Å². The Bertz CT molecular complexity index is 623. The molecule has 2 rings (SSSR count). The highest BCUT2D eigenvalue weighted by Crippen LogP contribution is 2.23. The van der Waals surface area contributed by atoms with Crippen LogP contribution in [-0.2, 0) is 10.2 Å². The fourth-order valence-corrected chi connectivity index (χ4v) is 3.36. The zero-order valence-electron chi connectivity index (χ0n) is 14.5. The molecule has 0 atom stereocenters. The van der Waals surface area contributed by atoms with Gasteiger partial charge in [0.25, 0.3) is 10.2 Å². The number of hydrogen-bond acceptors (Lipinski definition) is 4. The summed E-state index contributed by atoms with van der Waals surface area (Å²) in [6, 6.07) is 6.44. The zero-order chi connectivity index (χ0) is 17.0. The molecule has 0 aromatic heterocycles. The van der Waals surface area contributed by atoms with Crippen LogP contribution in [-0.4, -0.2) is 71.0 Å². The summed E-state index contributed by atoms with van der Waals surface area (Å²) in [5.41, 5.74) is 3.99. The molecule has 1 fully saturated rings. The lowest BCUT2D eigenvalue weighted by Gasteiger charge is -2.37. The van der Waals surface area contributed by atoms with E-state index in [-0.39, 0.29) is 0 Å². The Morgan fingerprint density at radius 1 is 1.13 bits per heavy atom. The summed E-state index contributed by atoms with van der Waals surface area (Å²) in [7, 11) is -0.251. The van der Waals surface area contributed by atoms with Gasteiger partial charge >= 0.3 is 0 Å². The molecule has 1 aliphatic heterocycles. The minimum atomic E-state index is -3.32. The van der Waals surface area contributed by atoms with Crippen LogP contribution >= 0.6 is 0 Å². The van der Waals surface area contributed by atoms with Crippen molar-refractivity contribution in [3.63, 3.8) is 0 Å². The highest BCUT2D eigenvalue weighted by Gasteiger charge is 2.19. The molecule has 7 heteroatoms. The van der Waals surface area contributed by atoms with Gasteiger partial charge in [0.2, 0.25) is 0 Å². The average Bonchev–Trinajstić information content (AvgIpc) is 2.50. The molecular weight excluding hydrogens is 312 g/mol. The number of benzene rings is 1. The van der Waals surface area contributed by atoms with Crippen molar-refractivity contribution in [2.45, 2.75) is 13.8 Å². The zero-order valence-corrected chi connectivity index (χ0v) is 15.4. The van der Waals surface area contributed by atoms with Crippen LogP contribution in [0.1, 0.15) is 11.1 Å². The second-order valence-corrected chi connectivity index (χ2v) is 8.20. The van der Waals surface area contributed by atoms with E-state index in [0.717, 1.165) is 32.7 Å². The summed E-state index contributed by atoms with van der Waals surface area (Å²) in [6.45, 7) is 9.38. The summed E-state index contributed by atoms with van der Waals surface area (Å²) in [5.74, 6) is 0. The Morgan fingerprint density at radius 3 is 2.39 bits per heavy atom. The van der Waals surface area contributed by atoms with Crippen molar-refractivity contribution in [2.75, 3.05) is 58.3 Å². The molecule has 0 radical (unpaired) electrons. The first-order valence-corrected chi connectivity index (χ1v) is 9.46. The fraction of sp³-hybridized carbons (Fsp3) is 0.625. The lowest BCUT2D eigenvalue weighted by Crippen LogP contribution is -2.49. The van der Waals surface area contributed by atoms with Gasteiger partial charge in [0, 0.05) is 59.1 Å². The molecule has 1 aromatic carbocycles. The first-order chi connectivity index (χ1) is 10.8. The number of rotatable bonds is 6. The lowest BCUT2D eigenvalue weighted by molar-refractivity contribution is 0.261. The summed E-state index contributed by atoms with van der Waals surface area (Å²) in [5, 5.41) is 0. The molecule has 6 nitrogen and oxygen atoms in total. The summed E-state index contributed by atoms with van der Waals surface area (Å²) < 4.78 is 27.1. The van der Waals surface area contributed by atoms with E-state index in [1.807, 2.05) is 0 Å². The third-order valence-corrected chi connectivity index (χ3v) is 6.01. The van der Waals surface area contributed by atoms with Crippen molar-refractivity contribution in [1.29, 1.82) is 0 Å². The Kier molecular flexibility index (Phi) is 6.02. The summed E-state index contributed by atoms with van der Waals surface area (Å²) in [4.78, 5) is 4.72. The van der Waals surface area contributed by atoms with E-state index in [2.05, 4.69) is 46.6 Å². The third kappa shape index (κ3) is 4.67. The smallest absolute Gasteiger partial charge is 0.278 e. The van der Waals surface area contributed by atoms with Crippen LogP contribution in [0.2, 0.25) is 0 Å². The van der Waals surface area contributed by atoms with E-state index < -0.39 is 10.2 Å². The minimum Gasteiger partial charge on any atom is -0.369 e. The van der Waals surface area contributed by atoms with Gasteiger partial charge in [-0.1, -0.05) is 12.1 Å². The Morgan fingerprint density at radius 2 is 1.78 bits per heavy atom. The minimum absolute atomic E-state index is 0.448. The third-order valence-electron chi connectivity index (χ3n) is 4.48. The van der Waals surface area contributed by atoms with Crippen molar-refractivity contribution < 1.29 is 8.42 Å². The van der Waals surface area contributed by atoms with Gasteiger partial charge in [0.15, 0.2) is 0 Å². The largest absolute Gasteiger partial charge is 0.369 e. The van der Waals surface area contributed by atoms with Gasteiger partial charge in [0.05, 0.1) is 0 Å². The van der Waals surface area contributed by atoms with Crippen molar-refractivity contribution in [1.82, 2.24) is 13.9 Å². The van der Waals surface area contributed by atoms with Crippen LogP contribution < -0.4 is 9.62 Å². The van der Waals surface area contributed by atoms with Gasteiger partial charge in [-0.05, 0) is 31.0 Å². The Hall–Kier alpha value is -1.15. The van der Waals surface area contributed by atoms with E-state index in [1.165, 1.54) is 35.2 Å². The molecular formula is C16H28N4O2S. The topological polar surface area (TPSA) is 55.9 Å². The quantitative estimate of drug-likeness (QED) is 0.833. The molecule has 1 saturated heterocycles. The second-order valence-electron chi connectivity index (χ2n) is 6.23. The van der Waals surface area contributed by atoms with Crippen molar-refractivity contribution >= 4 is 15.9 Å². The van der Waals surface area contributed by atoms with Gasteiger partial charge in [0.1, 0.15) is 0 Å². The molecule has 1 N–H and O–H groups in total. The number of nitrogens with one attached hydrogen (secondary N) is 1. The summed E-state index contributed by atoms with van der Waals surface area (Å²) >= 11 is 0. The molecule has 0 aliphatic carbocycles. The maximum Gasteiger partial charge on any atom is 0.278 e. The van der Waals surface area contributed by atoms with Gasteiger partial charge < -0.3 is 4.90 Å². The molecule has 0 saturated carbocycles. The van der Waals surface area contributed by atoms with Crippen LogP contribution in [0, 0.1) is 13.8 Å². The van der Waals surface area contributed by atoms with Crippen LogP contribution in [0.15, 0.2) is 18.2 Å². The number of hydrogen-bond donors (Lipinski definition) is 1. The predicted octanol–water partition coefficient (Wildman–Crippen LogP) is 0.821. The van der Waals surface area contributed by atoms with Gasteiger partial charge in [-0.15, -0.1) is 0 Å². The lowest BCUT2D eigenvalue weighted by atomic mass is 10.1. The number of nitrogens with zero attached hydrogens (tertiary/aromatic N) is 3. The van der Waals surface area contributed by atoms with E-state index >= 15 is 0 Å². The van der Waals surface area contributed by atoms with Gasteiger partial charge in [-0.25, -0.2) is 4.72 Å². The van der Waals surface area contributed by atoms with Crippen LogP contribution in [0.4, 0.5) is 5.69 Å². The molecule has 0 amide bonds. The maximum absolute atomic E-state index is 11.7. The molecule has 130 valence electrons. The number of aryl methyl sites for hydroxylation is 1. The van der Waals surface area contributed by atoms with Crippen molar-refractivity contribution in [3.05, 3.63) is 29.3 Å². The number of anilines is 1. The molecule has 0 bridgehead atoms. The van der Waals surface area contributed by atoms with Gasteiger partial charge in [-0.2, -0.15) is 12.7 Å². The maximum atomic E-state index is 11.7. The van der Waals surface area contributed by atoms with E-state index in [4.69, 9.17) is 0 Å². The van der Waals surface area contributed by atoms with Crippen molar-refractivity contribution in [3.8, 4) is 0 Å². The highest BCUT2D eigenvalue weighted by molar-refractivity contribution is 7.87. The monoisotopic (exact) mass is 340 g/mol. The van der Waals surface area contributed by atoms with E-state index in [9.17, 15) is 8.42 Å². The van der Waals surface area contributed by atoms with Crippen LogP contribution in [0.3, 0.4) is 0 Å². The number of piperazine rings is 1. The predicted molar refractivity (Wildman–Crippen MR) is 95.2 cm³/mol. The SMILES string of the molecule is Cc1cccc(N2CCN(CCNS(=O)(=O)N(C)C)CC2)c1C. The average molecular weight is 340 g/mol. The van der Waals surface area contributed by atoms with E-state index in [1.54, 1.807) is 0 Å². The second kappa shape index (κ2) is 7.61. The normalized spacial score (nSPS) is 17.0. The van der Waals surface area contributed by atoms with Crippen LogP contribution in [0.5, 0.6) is 0 Å².